The van der Waals surface area contributed by atoms with E-state index in [9.17, 15) is 18.0 Å². The van der Waals surface area contributed by atoms with Crippen LogP contribution in [0.3, 0.4) is 0 Å². The van der Waals surface area contributed by atoms with Crippen molar-refractivity contribution < 1.29 is 22.4 Å². The number of alkyl halides is 3. The van der Waals surface area contributed by atoms with E-state index in [1.807, 2.05) is 0 Å². The van der Waals surface area contributed by atoms with Crippen LogP contribution in [-0.4, -0.2) is 30.6 Å². The van der Waals surface area contributed by atoms with Gasteiger partial charge in [0.2, 0.25) is 0 Å². The quantitative estimate of drug-likeness (QED) is 0.318. The predicted molar refractivity (Wildman–Crippen MR) is 125 cm³/mol. The van der Waals surface area contributed by atoms with Gasteiger partial charge >= 0.3 is 6.18 Å². The third-order valence-corrected chi connectivity index (χ3v) is 7.44. The van der Waals surface area contributed by atoms with Crippen LogP contribution in [0.25, 0.3) is 21.5 Å². The second-order valence-corrected chi connectivity index (χ2v) is 9.45. The van der Waals surface area contributed by atoms with Crippen LogP contribution in [0.2, 0.25) is 0 Å². The Balaban J connectivity index is 1.48. The van der Waals surface area contributed by atoms with Crippen molar-refractivity contribution in [1.29, 1.82) is 0 Å². The molecule has 0 fully saturated rings. The summed E-state index contributed by atoms with van der Waals surface area (Å²) in [5.74, 6) is -1.04. The molecule has 1 atom stereocenters. The van der Waals surface area contributed by atoms with Gasteiger partial charge in [-0.05, 0) is 36.8 Å². The summed E-state index contributed by atoms with van der Waals surface area (Å²) in [4.78, 5) is 25.8. The number of H-pyrrole nitrogens is 1. The van der Waals surface area contributed by atoms with Crippen molar-refractivity contribution in [3.63, 3.8) is 0 Å². The van der Waals surface area contributed by atoms with E-state index in [4.69, 9.17) is 0 Å². The summed E-state index contributed by atoms with van der Waals surface area (Å²) in [6, 6.07) is 8.65. The highest BCUT2D eigenvalue weighted by molar-refractivity contribution is 7.15. The summed E-state index contributed by atoms with van der Waals surface area (Å²) in [5.41, 5.74) is 3.91. The fraction of sp³-hybridized carbons (Fsp3) is 0.167. The summed E-state index contributed by atoms with van der Waals surface area (Å²) in [7, 11) is 1.71. The highest BCUT2D eigenvalue weighted by atomic mass is 32.1. The van der Waals surface area contributed by atoms with Gasteiger partial charge in [-0.15, -0.1) is 11.3 Å². The minimum atomic E-state index is -4.57. The summed E-state index contributed by atoms with van der Waals surface area (Å²) in [6.07, 6.45) is -1.95. The SMILES string of the molecule is Cc1c2c(nn1C)C(=O)N(c1ccc3[nH]cnc3c1)C2c1ccc(-c2cnc(C(F)(F)F)s2)cc1F. The standard InChI is InChI=1S/C24H16F4N6OS/c1-11-19-20(32-33(11)2)22(35)34(13-4-6-16-17(8-13)31-10-30-16)21(19)14-5-3-12(7-15(14)25)18-9-29-23(36-18)24(26,27)28/h3-10,21H,1-2H3,(H,30,31). The largest absolute Gasteiger partial charge is 0.443 e. The molecule has 0 spiro atoms. The van der Waals surface area contributed by atoms with Gasteiger partial charge in [0.15, 0.2) is 10.7 Å². The van der Waals surface area contributed by atoms with Gasteiger partial charge in [0.1, 0.15) is 5.82 Å². The number of benzene rings is 2. The maximum absolute atomic E-state index is 15.7. The van der Waals surface area contributed by atoms with E-state index in [0.717, 1.165) is 11.7 Å². The Labute approximate surface area is 205 Å². The Bertz CT molecular complexity index is 1670. The molecule has 6 rings (SSSR count). The molecule has 182 valence electrons. The van der Waals surface area contributed by atoms with Crippen molar-refractivity contribution in [1.82, 2.24) is 24.7 Å². The van der Waals surface area contributed by atoms with E-state index in [0.29, 0.717) is 33.8 Å². The van der Waals surface area contributed by atoms with Gasteiger partial charge in [0.25, 0.3) is 5.91 Å². The molecule has 3 aromatic heterocycles. The van der Waals surface area contributed by atoms with E-state index in [2.05, 4.69) is 20.1 Å². The highest BCUT2D eigenvalue weighted by Gasteiger charge is 2.44. The Morgan fingerprint density at radius 3 is 2.64 bits per heavy atom. The lowest BCUT2D eigenvalue weighted by molar-refractivity contribution is -0.137. The second kappa shape index (κ2) is 7.72. The van der Waals surface area contributed by atoms with E-state index in [-0.39, 0.29) is 27.6 Å². The van der Waals surface area contributed by atoms with Crippen LogP contribution in [0.5, 0.6) is 0 Å². The number of amides is 1. The van der Waals surface area contributed by atoms with Crippen molar-refractivity contribution in [2.45, 2.75) is 19.1 Å². The zero-order chi connectivity index (χ0) is 25.4. The highest BCUT2D eigenvalue weighted by Crippen LogP contribution is 2.45. The summed E-state index contributed by atoms with van der Waals surface area (Å²) >= 11 is 0.443. The second-order valence-electron chi connectivity index (χ2n) is 8.42. The van der Waals surface area contributed by atoms with Crippen molar-refractivity contribution in [2.24, 2.45) is 7.05 Å². The number of halogens is 4. The zero-order valence-corrected chi connectivity index (χ0v) is 19.6. The van der Waals surface area contributed by atoms with Crippen molar-refractivity contribution in [3.05, 3.63) is 82.3 Å². The Morgan fingerprint density at radius 2 is 1.92 bits per heavy atom. The lowest BCUT2D eigenvalue weighted by Gasteiger charge is -2.27. The van der Waals surface area contributed by atoms with Gasteiger partial charge < -0.3 is 4.98 Å². The third kappa shape index (κ3) is 3.32. The number of imidazole rings is 1. The molecule has 1 aliphatic rings. The normalized spacial score (nSPS) is 15.8. The van der Waals surface area contributed by atoms with E-state index >= 15 is 4.39 Å². The average molecular weight is 512 g/mol. The van der Waals surface area contributed by atoms with Crippen LogP contribution in [0.15, 0.2) is 48.9 Å². The molecule has 0 aliphatic carbocycles. The van der Waals surface area contributed by atoms with E-state index in [1.165, 1.54) is 23.1 Å². The maximum atomic E-state index is 15.7. The molecule has 0 saturated heterocycles. The minimum Gasteiger partial charge on any atom is -0.345 e. The molecule has 4 heterocycles. The first-order valence-electron chi connectivity index (χ1n) is 10.8. The Hall–Kier alpha value is -4.06. The average Bonchev–Trinajstić information content (AvgIpc) is 3.60. The number of hydrogen-bond acceptors (Lipinski definition) is 5. The lowest BCUT2D eigenvalue weighted by Crippen LogP contribution is -2.30. The molecule has 2 aromatic carbocycles. The molecule has 1 N–H and O–H groups in total. The predicted octanol–water partition coefficient (Wildman–Crippen LogP) is 5.64. The summed E-state index contributed by atoms with van der Waals surface area (Å²) in [5, 5.41) is 3.36. The number of carbonyl (C=O) groups is 1. The first kappa shape index (κ1) is 22.4. The number of aromatic amines is 1. The van der Waals surface area contributed by atoms with Gasteiger partial charge in [-0.25, -0.2) is 14.4 Å². The molecule has 0 radical (unpaired) electrons. The molecule has 1 amide bonds. The molecule has 1 aliphatic heterocycles. The number of fused-ring (bicyclic) bond motifs is 2. The summed E-state index contributed by atoms with van der Waals surface area (Å²) in [6.45, 7) is 1.80. The van der Waals surface area contributed by atoms with Crippen LogP contribution in [0, 0.1) is 12.7 Å². The molecule has 0 bridgehead atoms. The van der Waals surface area contributed by atoms with E-state index < -0.39 is 23.0 Å². The third-order valence-electron chi connectivity index (χ3n) is 6.34. The molecule has 0 saturated carbocycles. The topological polar surface area (TPSA) is 79.7 Å². The lowest BCUT2D eigenvalue weighted by atomic mass is 9.96. The van der Waals surface area contributed by atoms with Crippen LogP contribution in [0.4, 0.5) is 23.2 Å². The van der Waals surface area contributed by atoms with Gasteiger partial charge in [-0.3, -0.25) is 14.4 Å². The first-order chi connectivity index (χ1) is 17.1. The number of carbonyl (C=O) groups excluding carboxylic acids is 1. The fourth-order valence-electron chi connectivity index (χ4n) is 4.54. The molecule has 36 heavy (non-hydrogen) atoms. The molecule has 5 aromatic rings. The Kier molecular flexibility index (Phi) is 4.80. The van der Waals surface area contributed by atoms with Crippen LogP contribution >= 0.6 is 11.3 Å². The number of aromatic nitrogens is 5. The van der Waals surface area contributed by atoms with Gasteiger partial charge in [0, 0.05) is 35.8 Å². The van der Waals surface area contributed by atoms with Gasteiger partial charge in [-0.1, -0.05) is 12.1 Å². The first-order valence-corrected chi connectivity index (χ1v) is 11.6. The van der Waals surface area contributed by atoms with Crippen LogP contribution in [-0.2, 0) is 13.2 Å². The monoisotopic (exact) mass is 512 g/mol. The van der Waals surface area contributed by atoms with Crippen molar-refractivity contribution in [3.8, 4) is 10.4 Å². The molecule has 7 nitrogen and oxygen atoms in total. The number of nitrogens with one attached hydrogen (secondary N) is 1. The molecule has 1 unspecified atom stereocenters. The zero-order valence-electron chi connectivity index (χ0n) is 18.8. The number of hydrogen-bond donors (Lipinski definition) is 1. The summed E-state index contributed by atoms with van der Waals surface area (Å²) < 4.78 is 56.2. The van der Waals surface area contributed by atoms with Crippen molar-refractivity contribution in [2.75, 3.05) is 4.90 Å². The minimum absolute atomic E-state index is 0.189. The number of thiazole rings is 1. The number of anilines is 1. The van der Waals surface area contributed by atoms with Crippen molar-refractivity contribution >= 4 is 34.0 Å². The molecular formula is C24H16F4N6OS. The number of nitrogens with zero attached hydrogens (tertiary/aromatic N) is 5. The van der Waals surface area contributed by atoms with Crippen LogP contribution in [0.1, 0.15) is 38.4 Å². The number of aryl methyl sites for hydroxylation is 1. The number of rotatable bonds is 3. The van der Waals surface area contributed by atoms with Crippen LogP contribution < -0.4 is 4.90 Å². The maximum Gasteiger partial charge on any atom is 0.443 e. The molecular weight excluding hydrogens is 496 g/mol. The smallest absolute Gasteiger partial charge is 0.345 e. The van der Waals surface area contributed by atoms with Gasteiger partial charge in [-0.2, -0.15) is 18.3 Å². The van der Waals surface area contributed by atoms with Gasteiger partial charge in [0.05, 0.1) is 28.3 Å². The fourth-order valence-corrected chi connectivity index (χ4v) is 5.32. The molecule has 12 heteroatoms. The van der Waals surface area contributed by atoms with E-state index in [1.54, 1.807) is 43.2 Å². The Morgan fingerprint density at radius 1 is 1.11 bits per heavy atom.